The highest BCUT2D eigenvalue weighted by Gasteiger charge is 2.04. The highest BCUT2D eigenvalue weighted by molar-refractivity contribution is 6.08. The highest BCUT2D eigenvalue weighted by Crippen LogP contribution is 2.16. The smallest absolute Gasteiger partial charge is 0.330 e. The fraction of sp³-hybridized carbons (Fsp3) is 0.125. The fourth-order valence-corrected chi connectivity index (χ4v) is 1.77. The highest BCUT2D eigenvalue weighted by atomic mass is 16.5. The number of rotatable bonds is 4. The van der Waals surface area contributed by atoms with Crippen molar-refractivity contribution in [1.82, 2.24) is 0 Å². The van der Waals surface area contributed by atoms with Gasteiger partial charge in [0.05, 0.1) is 6.61 Å². The number of carbonyl (C=O) groups excluding carboxylic acids is 2. The van der Waals surface area contributed by atoms with E-state index in [9.17, 15) is 9.59 Å². The Kier molecular flexibility index (Phi) is 4.08. The molecule has 0 aliphatic rings. The minimum absolute atomic E-state index is 0.209. The third kappa shape index (κ3) is 3.28. The normalized spacial score (nSPS) is 10.8. The van der Waals surface area contributed by atoms with Crippen LogP contribution in [0.3, 0.4) is 0 Å². The minimum Gasteiger partial charge on any atom is -0.463 e. The molecule has 0 spiro atoms. The molecule has 0 aliphatic heterocycles. The molecule has 0 aromatic heterocycles. The first-order chi connectivity index (χ1) is 9.20. The number of allylic oxidation sites excluding steroid dienone is 1. The summed E-state index contributed by atoms with van der Waals surface area (Å²) in [5, 5.41) is 2.08. The van der Waals surface area contributed by atoms with Crippen LogP contribution in [-0.4, -0.2) is 18.4 Å². The molecule has 96 valence electrons. The molecule has 0 bridgehead atoms. The Labute approximate surface area is 111 Å². The Bertz CT molecular complexity index is 641. The van der Waals surface area contributed by atoms with Crippen LogP contribution in [0.1, 0.15) is 17.3 Å². The second-order valence-electron chi connectivity index (χ2n) is 4.01. The van der Waals surface area contributed by atoms with Crippen LogP contribution >= 0.6 is 0 Å². The SMILES string of the molecule is CCOC(=O)/C=C/C(=O)c1ccc2ccccc2c1. The van der Waals surface area contributed by atoms with Gasteiger partial charge in [-0.3, -0.25) is 4.79 Å². The van der Waals surface area contributed by atoms with Crippen molar-refractivity contribution < 1.29 is 14.3 Å². The van der Waals surface area contributed by atoms with Crippen molar-refractivity contribution in [3.63, 3.8) is 0 Å². The quantitative estimate of drug-likeness (QED) is 0.478. The lowest BCUT2D eigenvalue weighted by molar-refractivity contribution is -0.137. The Morgan fingerprint density at radius 1 is 1.05 bits per heavy atom. The van der Waals surface area contributed by atoms with Gasteiger partial charge in [0.15, 0.2) is 5.78 Å². The van der Waals surface area contributed by atoms with Gasteiger partial charge in [0.2, 0.25) is 0 Å². The predicted octanol–water partition coefficient (Wildman–Crippen LogP) is 3.14. The van der Waals surface area contributed by atoms with E-state index in [2.05, 4.69) is 0 Å². The van der Waals surface area contributed by atoms with E-state index in [0.717, 1.165) is 16.8 Å². The van der Waals surface area contributed by atoms with E-state index in [1.807, 2.05) is 36.4 Å². The van der Waals surface area contributed by atoms with Crippen LogP contribution in [0.5, 0.6) is 0 Å². The van der Waals surface area contributed by atoms with Crippen LogP contribution in [-0.2, 0) is 9.53 Å². The summed E-state index contributed by atoms with van der Waals surface area (Å²) in [5.41, 5.74) is 0.555. The van der Waals surface area contributed by atoms with Gasteiger partial charge in [-0.2, -0.15) is 0 Å². The van der Waals surface area contributed by atoms with Crippen LogP contribution in [0, 0.1) is 0 Å². The summed E-state index contributed by atoms with van der Waals surface area (Å²) in [4.78, 5) is 23.0. The molecule has 2 aromatic carbocycles. The van der Waals surface area contributed by atoms with Crippen LogP contribution in [0.4, 0.5) is 0 Å². The number of benzene rings is 2. The maximum Gasteiger partial charge on any atom is 0.330 e. The van der Waals surface area contributed by atoms with E-state index in [4.69, 9.17) is 4.74 Å². The van der Waals surface area contributed by atoms with Gasteiger partial charge in [-0.15, -0.1) is 0 Å². The van der Waals surface area contributed by atoms with Gasteiger partial charge >= 0.3 is 5.97 Å². The first-order valence-corrected chi connectivity index (χ1v) is 6.08. The number of fused-ring (bicyclic) bond motifs is 1. The number of hydrogen-bond donors (Lipinski definition) is 0. The Morgan fingerprint density at radius 2 is 1.79 bits per heavy atom. The van der Waals surface area contributed by atoms with Crippen molar-refractivity contribution in [3.8, 4) is 0 Å². The van der Waals surface area contributed by atoms with Gasteiger partial charge in [-0.25, -0.2) is 4.79 Å². The molecule has 0 amide bonds. The van der Waals surface area contributed by atoms with Crippen molar-refractivity contribution in [1.29, 1.82) is 0 Å². The van der Waals surface area contributed by atoms with Gasteiger partial charge in [0, 0.05) is 11.6 Å². The lowest BCUT2D eigenvalue weighted by atomic mass is 10.0. The van der Waals surface area contributed by atoms with E-state index in [-0.39, 0.29) is 5.78 Å². The molecule has 0 aliphatic carbocycles. The fourth-order valence-electron chi connectivity index (χ4n) is 1.77. The molecule has 19 heavy (non-hydrogen) atoms. The number of hydrogen-bond acceptors (Lipinski definition) is 3. The molecule has 0 radical (unpaired) electrons. The Balaban J connectivity index is 2.19. The van der Waals surface area contributed by atoms with Crippen molar-refractivity contribution >= 4 is 22.5 Å². The first kappa shape index (κ1) is 13.0. The first-order valence-electron chi connectivity index (χ1n) is 6.08. The summed E-state index contributed by atoms with van der Waals surface area (Å²) in [6, 6.07) is 13.3. The molecular formula is C16H14O3. The third-order valence-corrected chi connectivity index (χ3v) is 2.69. The van der Waals surface area contributed by atoms with Crippen molar-refractivity contribution in [2.45, 2.75) is 6.92 Å². The Hall–Kier alpha value is -2.42. The largest absolute Gasteiger partial charge is 0.463 e. The lowest BCUT2D eigenvalue weighted by Crippen LogP contribution is -2.01. The zero-order chi connectivity index (χ0) is 13.7. The van der Waals surface area contributed by atoms with E-state index in [0.29, 0.717) is 12.2 Å². The number of ether oxygens (including phenoxy) is 1. The predicted molar refractivity (Wildman–Crippen MR) is 74.1 cm³/mol. The molecule has 0 unspecified atom stereocenters. The molecule has 0 saturated carbocycles. The topological polar surface area (TPSA) is 43.4 Å². The van der Waals surface area contributed by atoms with Crippen LogP contribution < -0.4 is 0 Å². The standard InChI is InChI=1S/C16H14O3/c1-2-19-16(18)10-9-15(17)14-8-7-12-5-3-4-6-13(12)11-14/h3-11H,2H2,1H3/b10-9+. The molecule has 3 heteroatoms. The molecule has 0 N–H and O–H groups in total. The number of ketones is 1. The van der Waals surface area contributed by atoms with Crippen molar-refractivity contribution in [2.75, 3.05) is 6.61 Å². The Morgan fingerprint density at radius 3 is 2.53 bits per heavy atom. The summed E-state index contributed by atoms with van der Waals surface area (Å²) < 4.78 is 4.72. The van der Waals surface area contributed by atoms with Gasteiger partial charge in [-0.05, 0) is 29.8 Å². The maximum atomic E-state index is 11.9. The zero-order valence-corrected chi connectivity index (χ0v) is 10.6. The van der Waals surface area contributed by atoms with Crippen LogP contribution in [0.15, 0.2) is 54.6 Å². The lowest BCUT2D eigenvalue weighted by Gasteiger charge is -2.00. The molecule has 0 saturated heterocycles. The summed E-state index contributed by atoms with van der Waals surface area (Å²) in [5.74, 6) is -0.713. The second kappa shape index (κ2) is 5.96. The van der Waals surface area contributed by atoms with Crippen LogP contribution in [0.2, 0.25) is 0 Å². The monoisotopic (exact) mass is 254 g/mol. The van der Waals surface area contributed by atoms with Gasteiger partial charge in [0.1, 0.15) is 0 Å². The molecule has 0 fully saturated rings. The average Bonchev–Trinajstić information content (AvgIpc) is 2.44. The minimum atomic E-state index is -0.503. The number of carbonyl (C=O) groups is 2. The molecule has 3 nitrogen and oxygen atoms in total. The van der Waals surface area contributed by atoms with E-state index in [1.165, 1.54) is 6.08 Å². The third-order valence-electron chi connectivity index (χ3n) is 2.69. The van der Waals surface area contributed by atoms with Gasteiger partial charge in [-0.1, -0.05) is 36.4 Å². The summed E-state index contributed by atoms with van der Waals surface area (Å²) in [6.07, 6.45) is 2.39. The molecular weight excluding hydrogens is 240 g/mol. The molecule has 0 heterocycles. The van der Waals surface area contributed by atoms with Gasteiger partial charge in [0.25, 0.3) is 0 Å². The van der Waals surface area contributed by atoms with E-state index >= 15 is 0 Å². The van der Waals surface area contributed by atoms with Crippen LogP contribution in [0.25, 0.3) is 10.8 Å². The summed E-state index contributed by atoms with van der Waals surface area (Å²) >= 11 is 0. The van der Waals surface area contributed by atoms with Crippen molar-refractivity contribution in [2.24, 2.45) is 0 Å². The van der Waals surface area contributed by atoms with E-state index < -0.39 is 5.97 Å². The average molecular weight is 254 g/mol. The zero-order valence-electron chi connectivity index (χ0n) is 10.6. The van der Waals surface area contributed by atoms with Crippen molar-refractivity contribution in [3.05, 3.63) is 60.2 Å². The maximum absolute atomic E-state index is 11.9. The van der Waals surface area contributed by atoms with E-state index in [1.54, 1.807) is 13.0 Å². The summed E-state index contributed by atoms with van der Waals surface area (Å²) in [6.45, 7) is 2.02. The molecule has 0 atom stereocenters. The number of esters is 1. The molecule has 2 aromatic rings. The van der Waals surface area contributed by atoms with Gasteiger partial charge < -0.3 is 4.74 Å². The molecule has 2 rings (SSSR count). The second-order valence-corrected chi connectivity index (χ2v) is 4.01. The summed E-state index contributed by atoms with van der Waals surface area (Å²) in [7, 11) is 0.